The van der Waals surface area contributed by atoms with Gasteiger partial charge in [0.1, 0.15) is 11.5 Å². The molecule has 374 valence electrons. The molecular formula is C54H54F6N10O2. The normalized spacial score (nSPS) is 15.6. The molecule has 4 aromatic carbocycles. The van der Waals surface area contributed by atoms with Crippen molar-refractivity contribution in [3.8, 4) is 33.8 Å². The van der Waals surface area contributed by atoms with Gasteiger partial charge < -0.3 is 25.4 Å². The van der Waals surface area contributed by atoms with E-state index in [1.54, 1.807) is 45.7 Å². The summed E-state index contributed by atoms with van der Waals surface area (Å²) in [7, 11) is 0. The number of pyridine rings is 2. The summed E-state index contributed by atoms with van der Waals surface area (Å²) in [5.74, 6) is 1.64. The zero-order chi connectivity index (χ0) is 50.3. The highest BCUT2D eigenvalue weighted by atomic mass is 19.4. The van der Waals surface area contributed by atoms with Crippen LogP contribution in [0.3, 0.4) is 0 Å². The predicted molar refractivity (Wildman–Crippen MR) is 265 cm³/mol. The van der Waals surface area contributed by atoms with Crippen LogP contribution in [0, 0.1) is 11.8 Å². The number of nitrogens with zero attached hydrogens (tertiary/aromatic N) is 7. The van der Waals surface area contributed by atoms with Crippen molar-refractivity contribution < 1.29 is 35.8 Å². The molecule has 0 aliphatic carbocycles. The molecule has 4 aromatic heterocycles. The summed E-state index contributed by atoms with van der Waals surface area (Å²) < 4.78 is 98.5. The van der Waals surface area contributed by atoms with Gasteiger partial charge in [0, 0.05) is 72.1 Å². The van der Waals surface area contributed by atoms with Crippen LogP contribution < -0.4 is 25.4 Å². The molecule has 6 heterocycles. The van der Waals surface area contributed by atoms with Gasteiger partial charge in [-0.1, -0.05) is 39.8 Å². The van der Waals surface area contributed by atoms with Crippen molar-refractivity contribution in [1.82, 2.24) is 39.4 Å². The van der Waals surface area contributed by atoms with E-state index in [2.05, 4.69) is 55.3 Å². The van der Waals surface area contributed by atoms with Crippen molar-refractivity contribution in [3.05, 3.63) is 143 Å². The fraction of sp³-hybridized carbons (Fsp3) is 0.333. The molecule has 2 aliphatic heterocycles. The average Bonchev–Trinajstić information content (AvgIpc) is 3.81. The minimum Gasteiger partial charge on any atom is -0.493 e. The first-order chi connectivity index (χ1) is 34.5. The third-order valence-electron chi connectivity index (χ3n) is 13.0. The number of ether oxygens (including phenoxy) is 2. The van der Waals surface area contributed by atoms with Crippen molar-refractivity contribution in [1.29, 1.82) is 0 Å². The van der Waals surface area contributed by atoms with Crippen LogP contribution in [0.1, 0.15) is 61.1 Å². The third kappa shape index (κ3) is 10.6. The fourth-order valence-corrected chi connectivity index (χ4v) is 9.37. The minimum absolute atomic E-state index is 0.116. The number of aromatic nitrogens is 6. The van der Waals surface area contributed by atoms with Crippen LogP contribution >= 0.6 is 0 Å². The zero-order valence-electron chi connectivity index (χ0n) is 40.2. The second-order valence-corrected chi connectivity index (χ2v) is 19.3. The second kappa shape index (κ2) is 19.8. The molecule has 1 unspecified atom stereocenters. The van der Waals surface area contributed by atoms with Crippen molar-refractivity contribution in [2.45, 2.75) is 71.9 Å². The Balaban J connectivity index is 0.815. The molecule has 1 atom stereocenters. The van der Waals surface area contributed by atoms with Crippen LogP contribution in [-0.2, 0) is 38.0 Å². The summed E-state index contributed by atoms with van der Waals surface area (Å²) in [6, 6.07) is 26.5. The Kier molecular flexibility index (Phi) is 13.3. The van der Waals surface area contributed by atoms with Crippen LogP contribution in [-0.4, -0.2) is 73.1 Å². The van der Waals surface area contributed by atoms with E-state index in [1.165, 1.54) is 34.4 Å². The summed E-state index contributed by atoms with van der Waals surface area (Å²) in [5, 5.41) is 19.8. The van der Waals surface area contributed by atoms with E-state index < -0.39 is 23.5 Å². The lowest BCUT2D eigenvalue weighted by Crippen LogP contribution is -2.48. The first-order valence-electron chi connectivity index (χ1n) is 24.2. The van der Waals surface area contributed by atoms with Crippen molar-refractivity contribution in [3.63, 3.8) is 0 Å². The molecule has 0 bridgehead atoms. The number of rotatable bonds is 13. The molecule has 72 heavy (non-hydrogen) atoms. The molecule has 0 radical (unpaired) electrons. The van der Waals surface area contributed by atoms with Gasteiger partial charge in [-0.15, -0.1) is 10.2 Å². The van der Waals surface area contributed by atoms with Crippen molar-refractivity contribution in [2.75, 3.05) is 43.5 Å². The number of hydrogen-bond acceptors (Lipinski definition) is 10. The highest BCUT2D eigenvalue weighted by Gasteiger charge is 2.33. The van der Waals surface area contributed by atoms with Gasteiger partial charge in [-0.25, -0.2) is 9.03 Å². The van der Waals surface area contributed by atoms with E-state index in [9.17, 15) is 26.3 Å². The van der Waals surface area contributed by atoms with Gasteiger partial charge in [0.05, 0.1) is 30.5 Å². The zero-order valence-corrected chi connectivity index (χ0v) is 40.2. The standard InChI is InChI=1S/C54H54F6N10O2/c1-32(2)30-71-46-15-11-38(53(55,56)57)28-44(46)42-7-5-21-69-49(42)64-51(66-69)62-40-13-9-34-18-23-68(24-19-37(34)26-40)48-27-35-10-14-41(25-36(35)17-20-61-48)63-52-65-50-43(8-6-22-70(50)67-52)45-29-39(54(58,59)60)12-16-47(45)72-31-33(3)4/h5-16,21-22,25-26,28-29,32-33,48,61H,17-20,23-24,27,30-31H2,1-4H3,(H,62,66)(H,63,67). The van der Waals surface area contributed by atoms with Gasteiger partial charge in [0.25, 0.3) is 0 Å². The Bertz CT molecular complexity index is 3260. The van der Waals surface area contributed by atoms with Gasteiger partial charge >= 0.3 is 12.4 Å². The number of hydrogen-bond donors (Lipinski definition) is 3. The van der Waals surface area contributed by atoms with E-state index in [0.29, 0.717) is 59.0 Å². The fourth-order valence-electron chi connectivity index (χ4n) is 9.37. The van der Waals surface area contributed by atoms with Gasteiger partial charge in [-0.2, -0.15) is 36.3 Å². The lowest BCUT2D eigenvalue weighted by atomic mass is 10.0. The second-order valence-electron chi connectivity index (χ2n) is 19.3. The number of halogens is 6. The molecule has 0 saturated carbocycles. The number of benzene rings is 4. The molecular weight excluding hydrogens is 935 g/mol. The van der Waals surface area contributed by atoms with E-state index >= 15 is 0 Å². The van der Waals surface area contributed by atoms with E-state index in [4.69, 9.17) is 19.4 Å². The Morgan fingerprint density at radius 3 is 1.57 bits per heavy atom. The largest absolute Gasteiger partial charge is 0.493 e. The highest BCUT2D eigenvalue weighted by Crippen LogP contribution is 2.41. The summed E-state index contributed by atoms with van der Waals surface area (Å²) in [5.41, 5.74) is 7.27. The molecule has 0 fully saturated rings. The molecule has 3 N–H and O–H groups in total. The van der Waals surface area contributed by atoms with Gasteiger partial charge in [0.15, 0.2) is 11.3 Å². The van der Waals surface area contributed by atoms with Crippen molar-refractivity contribution in [2.24, 2.45) is 11.8 Å². The number of anilines is 4. The van der Waals surface area contributed by atoms with Gasteiger partial charge in [0.2, 0.25) is 11.9 Å². The lowest BCUT2D eigenvalue weighted by Gasteiger charge is -2.30. The molecule has 8 aromatic rings. The Morgan fingerprint density at radius 1 is 0.583 bits per heavy atom. The van der Waals surface area contributed by atoms with Crippen LogP contribution in [0.2, 0.25) is 0 Å². The molecule has 18 heteroatoms. The van der Waals surface area contributed by atoms with Gasteiger partial charge in [-0.3, -0.25) is 4.90 Å². The van der Waals surface area contributed by atoms with E-state index in [-0.39, 0.29) is 29.1 Å². The SMILES string of the molecule is CC(C)COc1ccc(C(F)(F)F)cc1-c1cccn2nc(Nc3ccc4c(c3)CCN(C3Cc5ccc(Nc6nc7c(-c8cc(C(F)(F)F)ccc8OCC(C)C)cccn7n6)cc5CCN3)CC4)nc12. The summed E-state index contributed by atoms with van der Waals surface area (Å²) in [6.45, 7) is 11.1. The first kappa shape index (κ1) is 48.4. The van der Waals surface area contributed by atoms with Crippen molar-refractivity contribution >= 4 is 34.6 Å². The topological polar surface area (TPSA) is 118 Å². The average molecular weight is 989 g/mol. The van der Waals surface area contributed by atoms with E-state index in [1.807, 2.05) is 39.8 Å². The third-order valence-corrected chi connectivity index (χ3v) is 13.0. The van der Waals surface area contributed by atoms with Crippen LogP contribution in [0.25, 0.3) is 33.5 Å². The number of fused-ring (bicyclic) bond motifs is 4. The Morgan fingerprint density at radius 2 is 1.07 bits per heavy atom. The summed E-state index contributed by atoms with van der Waals surface area (Å²) in [4.78, 5) is 12.0. The van der Waals surface area contributed by atoms with Crippen LogP contribution in [0.4, 0.5) is 49.6 Å². The molecule has 0 spiro atoms. The Hall–Kier alpha value is -7.18. The Labute approximate surface area is 412 Å². The minimum atomic E-state index is -4.53. The molecule has 2 aliphatic rings. The summed E-state index contributed by atoms with van der Waals surface area (Å²) >= 11 is 0. The monoisotopic (exact) mass is 988 g/mol. The summed E-state index contributed by atoms with van der Waals surface area (Å²) in [6.07, 6.45) is -2.21. The molecule has 0 amide bonds. The van der Waals surface area contributed by atoms with E-state index in [0.717, 1.165) is 81.0 Å². The number of nitrogens with one attached hydrogen (secondary N) is 3. The molecule has 10 rings (SSSR count). The molecule has 12 nitrogen and oxygen atoms in total. The quantitative estimate of drug-likeness (QED) is 0.0964. The predicted octanol–water partition coefficient (Wildman–Crippen LogP) is 11.8. The van der Waals surface area contributed by atoms with Crippen LogP contribution in [0.15, 0.2) is 109 Å². The van der Waals surface area contributed by atoms with Crippen LogP contribution in [0.5, 0.6) is 11.5 Å². The maximum absolute atomic E-state index is 13.9. The number of alkyl halides is 6. The first-order valence-corrected chi connectivity index (χ1v) is 24.2. The molecule has 0 saturated heterocycles. The lowest BCUT2D eigenvalue weighted by molar-refractivity contribution is -0.138. The maximum atomic E-state index is 13.9. The smallest absolute Gasteiger partial charge is 0.416 e. The van der Waals surface area contributed by atoms with Gasteiger partial charge in [-0.05, 0) is 138 Å². The maximum Gasteiger partial charge on any atom is 0.416 e. The highest BCUT2D eigenvalue weighted by molar-refractivity contribution is 5.84.